The third-order valence-corrected chi connectivity index (χ3v) is 4.28. The zero-order valence-electron chi connectivity index (χ0n) is 12.6. The van der Waals surface area contributed by atoms with E-state index in [1.807, 2.05) is 19.1 Å². The van der Waals surface area contributed by atoms with E-state index in [9.17, 15) is 4.39 Å². The van der Waals surface area contributed by atoms with E-state index in [-0.39, 0.29) is 5.82 Å². The van der Waals surface area contributed by atoms with E-state index in [2.05, 4.69) is 16.7 Å². The van der Waals surface area contributed by atoms with Crippen LogP contribution in [0.1, 0.15) is 30.5 Å². The van der Waals surface area contributed by atoms with Crippen molar-refractivity contribution < 1.29 is 4.39 Å². The minimum Gasteiger partial charge on any atom is -0.329 e. The fourth-order valence-electron chi connectivity index (χ4n) is 2.92. The minimum absolute atomic E-state index is 0.120. The number of rotatable bonds is 4. The summed E-state index contributed by atoms with van der Waals surface area (Å²) in [7, 11) is 0. The Morgan fingerprint density at radius 3 is 2.75 bits per heavy atom. The molecule has 1 heterocycles. The van der Waals surface area contributed by atoms with Crippen LogP contribution >= 0.6 is 0 Å². The van der Waals surface area contributed by atoms with Gasteiger partial charge in [0.2, 0.25) is 0 Å². The molecule has 1 saturated heterocycles. The Morgan fingerprint density at radius 2 is 2.05 bits per heavy atom. The number of aryl methyl sites for hydroxylation is 1. The molecule has 0 aromatic heterocycles. The predicted molar refractivity (Wildman–Crippen MR) is 81.2 cm³/mol. The van der Waals surface area contributed by atoms with Crippen molar-refractivity contribution in [1.82, 2.24) is 9.80 Å². The summed E-state index contributed by atoms with van der Waals surface area (Å²) in [6, 6.07) is 5.81. The van der Waals surface area contributed by atoms with Crippen molar-refractivity contribution in [3.05, 3.63) is 35.1 Å². The molecule has 2 N–H and O–H groups in total. The van der Waals surface area contributed by atoms with Gasteiger partial charge in [-0.1, -0.05) is 12.1 Å². The average molecular weight is 279 g/mol. The summed E-state index contributed by atoms with van der Waals surface area (Å²) in [5, 5.41) is 0. The second kappa shape index (κ2) is 7.16. The van der Waals surface area contributed by atoms with Crippen LogP contribution < -0.4 is 5.73 Å². The summed E-state index contributed by atoms with van der Waals surface area (Å²) in [6.07, 6.45) is 1.17. The standard InChI is InChI=1S/C16H26FN3/c1-13-12-15(4-5-16(13)17)14(2)20-8-3-7-19(9-6-18)10-11-20/h4-5,12,14H,3,6-11,18H2,1-2H3. The van der Waals surface area contributed by atoms with Crippen LogP contribution in [0.15, 0.2) is 18.2 Å². The van der Waals surface area contributed by atoms with Crippen molar-refractivity contribution >= 4 is 0 Å². The third kappa shape index (κ3) is 3.78. The molecule has 0 bridgehead atoms. The Bertz CT molecular complexity index is 436. The van der Waals surface area contributed by atoms with E-state index in [0.717, 1.165) is 44.8 Å². The van der Waals surface area contributed by atoms with Gasteiger partial charge in [-0.15, -0.1) is 0 Å². The van der Waals surface area contributed by atoms with E-state index in [1.54, 1.807) is 6.07 Å². The van der Waals surface area contributed by atoms with Gasteiger partial charge >= 0.3 is 0 Å². The average Bonchev–Trinajstić information content (AvgIpc) is 2.67. The van der Waals surface area contributed by atoms with Crippen molar-refractivity contribution in [1.29, 1.82) is 0 Å². The van der Waals surface area contributed by atoms with Gasteiger partial charge < -0.3 is 10.6 Å². The minimum atomic E-state index is -0.120. The second-order valence-electron chi connectivity index (χ2n) is 5.70. The summed E-state index contributed by atoms with van der Waals surface area (Å²) < 4.78 is 13.4. The first kappa shape index (κ1) is 15.4. The lowest BCUT2D eigenvalue weighted by Gasteiger charge is -2.28. The summed E-state index contributed by atoms with van der Waals surface area (Å²) in [5.74, 6) is -0.120. The number of hydrogen-bond donors (Lipinski definition) is 1. The number of hydrogen-bond acceptors (Lipinski definition) is 3. The Labute approximate surface area is 121 Å². The van der Waals surface area contributed by atoms with Crippen LogP contribution in [0.3, 0.4) is 0 Å². The van der Waals surface area contributed by atoms with Crippen molar-refractivity contribution in [3.63, 3.8) is 0 Å². The van der Waals surface area contributed by atoms with Crippen molar-refractivity contribution in [2.24, 2.45) is 5.73 Å². The summed E-state index contributed by atoms with van der Waals surface area (Å²) in [6.45, 7) is 10.1. The molecule has 0 aliphatic carbocycles. The van der Waals surface area contributed by atoms with Crippen LogP contribution in [-0.4, -0.2) is 49.1 Å². The van der Waals surface area contributed by atoms with E-state index in [0.29, 0.717) is 6.04 Å². The molecule has 0 saturated carbocycles. The molecule has 1 aliphatic rings. The first-order chi connectivity index (χ1) is 9.61. The van der Waals surface area contributed by atoms with Gasteiger partial charge in [0, 0.05) is 38.8 Å². The van der Waals surface area contributed by atoms with Gasteiger partial charge in [0.25, 0.3) is 0 Å². The summed E-state index contributed by atoms with van der Waals surface area (Å²) >= 11 is 0. The molecule has 3 nitrogen and oxygen atoms in total. The second-order valence-corrected chi connectivity index (χ2v) is 5.70. The lowest BCUT2D eigenvalue weighted by molar-refractivity contribution is 0.211. The highest BCUT2D eigenvalue weighted by Crippen LogP contribution is 2.23. The molecule has 1 fully saturated rings. The number of halogens is 1. The van der Waals surface area contributed by atoms with Crippen LogP contribution in [0.4, 0.5) is 4.39 Å². The molecule has 1 aliphatic heterocycles. The quantitative estimate of drug-likeness (QED) is 0.917. The molecule has 4 heteroatoms. The SMILES string of the molecule is Cc1cc(C(C)N2CCCN(CCN)CC2)ccc1F. The van der Waals surface area contributed by atoms with Crippen LogP contribution in [0.5, 0.6) is 0 Å². The molecule has 1 aromatic rings. The third-order valence-electron chi connectivity index (χ3n) is 4.28. The molecule has 0 amide bonds. The summed E-state index contributed by atoms with van der Waals surface area (Å²) in [5.41, 5.74) is 7.57. The fraction of sp³-hybridized carbons (Fsp3) is 0.625. The molecule has 2 rings (SSSR count). The molecule has 0 spiro atoms. The van der Waals surface area contributed by atoms with Crippen LogP contribution in [0.25, 0.3) is 0 Å². The zero-order chi connectivity index (χ0) is 14.5. The summed E-state index contributed by atoms with van der Waals surface area (Å²) in [4.78, 5) is 4.92. The number of benzene rings is 1. The van der Waals surface area contributed by atoms with Gasteiger partial charge in [0.1, 0.15) is 5.82 Å². The van der Waals surface area contributed by atoms with Gasteiger partial charge in [-0.2, -0.15) is 0 Å². The van der Waals surface area contributed by atoms with Crippen LogP contribution in [0, 0.1) is 12.7 Å². The Hall–Kier alpha value is -0.970. The molecule has 1 aromatic carbocycles. The highest BCUT2D eigenvalue weighted by molar-refractivity contribution is 5.26. The lowest BCUT2D eigenvalue weighted by Crippen LogP contribution is -2.34. The molecule has 0 radical (unpaired) electrons. The van der Waals surface area contributed by atoms with Crippen LogP contribution in [0.2, 0.25) is 0 Å². The van der Waals surface area contributed by atoms with E-state index in [4.69, 9.17) is 5.73 Å². The number of nitrogens with two attached hydrogens (primary N) is 1. The maximum Gasteiger partial charge on any atom is 0.126 e. The van der Waals surface area contributed by atoms with Gasteiger partial charge in [0.15, 0.2) is 0 Å². The topological polar surface area (TPSA) is 32.5 Å². The van der Waals surface area contributed by atoms with E-state index >= 15 is 0 Å². The smallest absolute Gasteiger partial charge is 0.126 e. The van der Waals surface area contributed by atoms with Gasteiger partial charge in [-0.3, -0.25) is 4.90 Å². The first-order valence-electron chi connectivity index (χ1n) is 7.54. The van der Waals surface area contributed by atoms with Gasteiger partial charge in [-0.05, 0) is 44.0 Å². The molecule has 1 atom stereocenters. The molecule has 112 valence electrons. The number of nitrogens with zero attached hydrogens (tertiary/aromatic N) is 2. The van der Waals surface area contributed by atoms with Gasteiger partial charge in [-0.25, -0.2) is 4.39 Å². The highest BCUT2D eigenvalue weighted by atomic mass is 19.1. The molecular formula is C16H26FN3. The Morgan fingerprint density at radius 1 is 1.25 bits per heavy atom. The Balaban J connectivity index is 2.01. The zero-order valence-corrected chi connectivity index (χ0v) is 12.6. The molecule has 20 heavy (non-hydrogen) atoms. The molecular weight excluding hydrogens is 253 g/mol. The predicted octanol–water partition coefficient (Wildman–Crippen LogP) is 2.16. The Kier molecular flexibility index (Phi) is 5.52. The van der Waals surface area contributed by atoms with E-state index in [1.165, 1.54) is 12.0 Å². The lowest BCUT2D eigenvalue weighted by atomic mass is 10.0. The molecule has 1 unspecified atom stereocenters. The van der Waals surface area contributed by atoms with Crippen molar-refractivity contribution in [2.45, 2.75) is 26.3 Å². The maximum absolute atomic E-state index is 13.4. The first-order valence-corrected chi connectivity index (χ1v) is 7.54. The van der Waals surface area contributed by atoms with Crippen molar-refractivity contribution in [2.75, 3.05) is 39.3 Å². The van der Waals surface area contributed by atoms with Crippen LogP contribution in [-0.2, 0) is 0 Å². The monoisotopic (exact) mass is 279 g/mol. The fourth-order valence-corrected chi connectivity index (χ4v) is 2.92. The van der Waals surface area contributed by atoms with Gasteiger partial charge in [0.05, 0.1) is 0 Å². The highest BCUT2D eigenvalue weighted by Gasteiger charge is 2.20. The largest absolute Gasteiger partial charge is 0.329 e. The maximum atomic E-state index is 13.4. The van der Waals surface area contributed by atoms with E-state index < -0.39 is 0 Å². The van der Waals surface area contributed by atoms with Crippen molar-refractivity contribution in [3.8, 4) is 0 Å². The normalized spacial score (nSPS) is 19.8.